The Bertz CT molecular complexity index is 417. The lowest BCUT2D eigenvalue weighted by molar-refractivity contribution is 0.191. The Kier molecular flexibility index (Phi) is 5.37. The fraction of sp³-hybridized carbons (Fsp3) is 0.600. The van der Waals surface area contributed by atoms with Crippen LogP contribution in [0.15, 0.2) is 22.7 Å². The molecule has 0 amide bonds. The maximum atomic E-state index is 13.9. The number of halogens is 2. The highest BCUT2D eigenvalue weighted by Gasteiger charge is 2.20. The smallest absolute Gasteiger partial charge is 0.128 e. The first-order valence-corrected chi connectivity index (χ1v) is 7.77. The van der Waals surface area contributed by atoms with Crippen LogP contribution in [0.4, 0.5) is 4.39 Å². The fourth-order valence-corrected chi connectivity index (χ4v) is 2.86. The van der Waals surface area contributed by atoms with Crippen molar-refractivity contribution >= 4 is 15.9 Å². The molecule has 0 saturated carbocycles. The van der Waals surface area contributed by atoms with E-state index in [2.05, 4.69) is 40.0 Å². The normalized spacial score (nSPS) is 19.6. The third kappa shape index (κ3) is 4.26. The minimum Gasteiger partial charge on any atom is -0.313 e. The maximum absolute atomic E-state index is 13.9. The van der Waals surface area contributed by atoms with Crippen LogP contribution in [0.2, 0.25) is 0 Å². The highest BCUT2D eigenvalue weighted by molar-refractivity contribution is 9.10. The summed E-state index contributed by atoms with van der Waals surface area (Å²) in [5, 5.41) is 3.51. The summed E-state index contributed by atoms with van der Waals surface area (Å²) in [5.41, 5.74) is 0.773. The van der Waals surface area contributed by atoms with Gasteiger partial charge in [-0.05, 0) is 45.4 Å². The van der Waals surface area contributed by atoms with Gasteiger partial charge in [0.15, 0.2) is 0 Å². The lowest BCUT2D eigenvalue weighted by Crippen LogP contribution is -2.40. The molecule has 0 spiro atoms. The first-order chi connectivity index (χ1) is 9.06. The molecule has 1 aromatic carbocycles. The van der Waals surface area contributed by atoms with Gasteiger partial charge in [0.25, 0.3) is 0 Å². The van der Waals surface area contributed by atoms with Gasteiger partial charge in [0.05, 0.1) is 0 Å². The molecule has 0 aliphatic carbocycles. The highest BCUT2D eigenvalue weighted by atomic mass is 79.9. The minimum atomic E-state index is -0.126. The Morgan fingerprint density at radius 1 is 1.47 bits per heavy atom. The van der Waals surface area contributed by atoms with Crippen LogP contribution in [0.1, 0.15) is 32.3 Å². The zero-order valence-electron chi connectivity index (χ0n) is 11.6. The molecule has 0 bridgehead atoms. The third-order valence-corrected chi connectivity index (χ3v) is 4.23. The molecule has 1 heterocycles. The molecular weight excluding hydrogens is 307 g/mol. The number of benzene rings is 1. The zero-order valence-corrected chi connectivity index (χ0v) is 13.2. The van der Waals surface area contributed by atoms with Gasteiger partial charge >= 0.3 is 0 Å². The molecule has 2 rings (SSSR count). The lowest BCUT2D eigenvalue weighted by atomic mass is 10.1. The molecule has 1 saturated heterocycles. The Morgan fingerprint density at radius 2 is 2.26 bits per heavy atom. The van der Waals surface area contributed by atoms with Crippen molar-refractivity contribution < 1.29 is 4.39 Å². The van der Waals surface area contributed by atoms with Gasteiger partial charge in [-0.3, -0.25) is 4.90 Å². The van der Waals surface area contributed by atoms with Gasteiger partial charge in [-0.25, -0.2) is 4.39 Å². The Labute approximate surface area is 123 Å². The van der Waals surface area contributed by atoms with E-state index in [0.29, 0.717) is 18.6 Å². The fourth-order valence-electron chi connectivity index (χ4n) is 2.52. The van der Waals surface area contributed by atoms with Crippen molar-refractivity contribution in [3.05, 3.63) is 34.1 Å². The van der Waals surface area contributed by atoms with Gasteiger partial charge in [0.1, 0.15) is 5.82 Å². The standard InChI is InChI=1S/C15H22BrFN2/c1-11(2)19(10-14-4-3-7-18-14)9-12-5-6-13(16)8-15(12)17/h5-6,8,11,14,18H,3-4,7,9-10H2,1-2H3. The second-order valence-electron chi connectivity index (χ2n) is 5.55. The molecule has 1 atom stereocenters. The van der Waals surface area contributed by atoms with Crippen molar-refractivity contribution in [3.63, 3.8) is 0 Å². The summed E-state index contributed by atoms with van der Waals surface area (Å²) in [5.74, 6) is -0.126. The Balaban J connectivity index is 2.02. The van der Waals surface area contributed by atoms with Crippen molar-refractivity contribution in [1.29, 1.82) is 0 Å². The van der Waals surface area contributed by atoms with Crippen molar-refractivity contribution in [2.45, 2.75) is 45.3 Å². The van der Waals surface area contributed by atoms with E-state index in [1.807, 2.05) is 12.1 Å². The number of rotatable bonds is 5. The summed E-state index contributed by atoms with van der Waals surface area (Å²) in [7, 11) is 0. The lowest BCUT2D eigenvalue weighted by Gasteiger charge is -2.29. The van der Waals surface area contributed by atoms with Crippen LogP contribution >= 0.6 is 15.9 Å². The molecule has 1 aliphatic heterocycles. The monoisotopic (exact) mass is 328 g/mol. The third-order valence-electron chi connectivity index (χ3n) is 3.74. The molecule has 0 aromatic heterocycles. The minimum absolute atomic E-state index is 0.126. The van der Waals surface area contributed by atoms with Crippen LogP contribution in [-0.2, 0) is 6.54 Å². The SMILES string of the molecule is CC(C)N(Cc1ccc(Br)cc1F)CC1CCCN1. The van der Waals surface area contributed by atoms with E-state index in [1.54, 1.807) is 6.07 Å². The molecule has 1 aliphatic rings. The van der Waals surface area contributed by atoms with Crippen LogP contribution in [0.25, 0.3) is 0 Å². The van der Waals surface area contributed by atoms with E-state index in [4.69, 9.17) is 0 Å². The first-order valence-electron chi connectivity index (χ1n) is 6.97. The first kappa shape index (κ1) is 14.9. The molecule has 0 radical (unpaired) electrons. The molecule has 1 fully saturated rings. The number of nitrogens with one attached hydrogen (secondary N) is 1. The summed E-state index contributed by atoms with van der Waals surface area (Å²) in [6, 6.07) is 6.30. The van der Waals surface area contributed by atoms with Crippen LogP contribution in [0.3, 0.4) is 0 Å². The quantitative estimate of drug-likeness (QED) is 0.889. The van der Waals surface area contributed by atoms with Crippen LogP contribution in [0.5, 0.6) is 0 Å². The van der Waals surface area contributed by atoms with Gasteiger partial charge in [0, 0.05) is 35.2 Å². The van der Waals surface area contributed by atoms with Gasteiger partial charge < -0.3 is 5.32 Å². The van der Waals surface area contributed by atoms with E-state index < -0.39 is 0 Å². The molecule has 4 heteroatoms. The van der Waals surface area contributed by atoms with Gasteiger partial charge in [-0.2, -0.15) is 0 Å². The Hall–Kier alpha value is -0.450. The van der Waals surface area contributed by atoms with Gasteiger partial charge in [0.2, 0.25) is 0 Å². The van der Waals surface area contributed by atoms with Gasteiger partial charge in [-0.15, -0.1) is 0 Å². The molecule has 19 heavy (non-hydrogen) atoms. The van der Waals surface area contributed by atoms with E-state index in [-0.39, 0.29) is 5.82 Å². The number of nitrogens with zero attached hydrogens (tertiary/aromatic N) is 1. The van der Waals surface area contributed by atoms with E-state index in [1.165, 1.54) is 12.8 Å². The molecule has 1 aromatic rings. The molecule has 106 valence electrons. The largest absolute Gasteiger partial charge is 0.313 e. The number of hydrogen-bond acceptors (Lipinski definition) is 2. The topological polar surface area (TPSA) is 15.3 Å². The van der Waals surface area contributed by atoms with E-state index in [0.717, 1.165) is 23.1 Å². The second-order valence-corrected chi connectivity index (χ2v) is 6.47. The molecule has 1 unspecified atom stereocenters. The van der Waals surface area contributed by atoms with Crippen LogP contribution in [-0.4, -0.2) is 30.1 Å². The summed E-state index contributed by atoms with van der Waals surface area (Å²) >= 11 is 3.30. The Morgan fingerprint density at radius 3 is 2.84 bits per heavy atom. The average Bonchev–Trinajstić information content (AvgIpc) is 2.84. The summed E-state index contributed by atoms with van der Waals surface area (Å²) in [4.78, 5) is 2.34. The van der Waals surface area contributed by atoms with E-state index >= 15 is 0 Å². The van der Waals surface area contributed by atoms with Crippen LogP contribution in [0, 0.1) is 5.82 Å². The summed E-state index contributed by atoms with van der Waals surface area (Å²) in [6.45, 7) is 7.13. The summed E-state index contributed by atoms with van der Waals surface area (Å²) in [6.07, 6.45) is 2.48. The predicted molar refractivity (Wildman–Crippen MR) is 80.7 cm³/mol. The molecule has 1 N–H and O–H groups in total. The van der Waals surface area contributed by atoms with E-state index in [9.17, 15) is 4.39 Å². The van der Waals surface area contributed by atoms with Crippen molar-refractivity contribution in [3.8, 4) is 0 Å². The second kappa shape index (κ2) is 6.82. The summed E-state index contributed by atoms with van der Waals surface area (Å²) < 4.78 is 14.7. The highest BCUT2D eigenvalue weighted by Crippen LogP contribution is 2.19. The van der Waals surface area contributed by atoms with Crippen molar-refractivity contribution in [2.75, 3.05) is 13.1 Å². The predicted octanol–water partition coefficient (Wildman–Crippen LogP) is 3.55. The van der Waals surface area contributed by atoms with Crippen LogP contribution < -0.4 is 5.32 Å². The zero-order chi connectivity index (χ0) is 13.8. The molecule has 2 nitrogen and oxygen atoms in total. The maximum Gasteiger partial charge on any atom is 0.128 e. The van der Waals surface area contributed by atoms with Gasteiger partial charge in [-0.1, -0.05) is 22.0 Å². The van der Waals surface area contributed by atoms with Crippen molar-refractivity contribution in [1.82, 2.24) is 10.2 Å². The average molecular weight is 329 g/mol. The number of hydrogen-bond donors (Lipinski definition) is 1. The molecular formula is C15H22BrFN2. The van der Waals surface area contributed by atoms with Crippen molar-refractivity contribution in [2.24, 2.45) is 0 Å².